The number of ether oxygens (including phenoxy) is 1. The van der Waals surface area contributed by atoms with E-state index in [2.05, 4.69) is 18.7 Å². The van der Waals surface area contributed by atoms with Gasteiger partial charge in [0.05, 0.1) is 19.3 Å². The van der Waals surface area contributed by atoms with E-state index in [1.807, 2.05) is 4.90 Å². The van der Waals surface area contributed by atoms with Crippen LogP contribution in [0, 0.1) is 5.92 Å². The molecule has 2 N–H and O–H groups in total. The number of amides is 1. The molecule has 2 rings (SSSR count). The Morgan fingerprint density at radius 2 is 2.00 bits per heavy atom. The minimum atomic E-state index is -0.330. The molecule has 2 atom stereocenters. The van der Waals surface area contributed by atoms with E-state index >= 15 is 0 Å². The minimum absolute atomic E-state index is 0.129. The zero-order valence-corrected chi connectivity index (χ0v) is 12.2. The van der Waals surface area contributed by atoms with Gasteiger partial charge in [0.2, 0.25) is 5.91 Å². The summed E-state index contributed by atoms with van der Waals surface area (Å²) in [6, 6.07) is 0.169. The van der Waals surface area contributed by atoms with Crippen LogP contribution in [0.5, 0.6) is 0 Å². The van der Waals surface area contributed by atoms with Crippen molar-refractivity contribution in [3.05, 3.63) is 0 Å². The molecule has 0 aromatic carbocycles. The smallest absolute Gasteiger partial charge is 0.239 e. The zero-order chi connectivity index (χ0) is 13.8. The molecule has 1 unspecified atom stereocenters. The van der Waals surface area contributed by atoms with Crippen molar-refractivity contribution >= 4 is 5.91 Å². The molecule has 0 aromatic rings. The van der Waals surface area contributed by atoms with E-state index in [0.717, 1.165) is 52.2 Å². The molecule has 0 radical (unpaired) electrons. The van der Waals surface area contributed by atoms with E-state index in [1.54, 1.807) is 0 Å². The summed E-state index contributed by atoms with van der Waals surface area (Å²) in [5.74, 6) is 0.598. The summed E-state index contributed by atoms with van der Waals surface area (Å²) in [4.78, 5) is 16.7. The lowest BCUT2D eigenvalue weighted by atomic mass is 10.0. The molecule has 19 heavy (non-hydrogen) atoms. The fourth-order valence-corrected chi connectivity index (χ4v) is 3.03. The molecule has 110 valence electrons. The number of carbonyl (C=O) groups excluding carboxylic acids is 1. The predicted molar refractivity (Wildman–Crippen MR) is 74.8 cm³/mol. The van der Waals surface area contributed by atoms with Gasteiger partial charge < -0.3 is 15.4 Å². The summed E-state index contributed by atoms with van der Waals surface area (Å²) in [6.07, 6.45) is 1.84. The predicted octanol–water partition coefficient (Wildman–Crippen LogP) is 0.293. The molecular formula is C14H27N3O2. The second-order valence-electron chi connectivity index (χ2n) is 6.11. The average molecular weight is 269 g/mol. The number of nitrogens with two attached hydrogens (primary N) is 1. The van der Waals surface area contributed by atoms with Crippen molar-refractivity contribution in [2.24, 2.45) is 11.7 Å². The number of rotatable bonds is 4. The summed E-state index contributed by atoms with van der Waals surface area (Å²) in [5.41, 5.74) is 6.00. The highest BCUT2D eigenvalue weighted by molar-refractivity contribution is 5.81. The monoisotopic (exact) mass is 269 g/mol. The summed E-state index contributed by atoms with van der Waals surface area (Å²) < 4.78 is 5.37. The van der Waals surface area contributed by atoms with Gasteiger partial charge in [0.15, 0.2) is 0 Å². The zero-order valence-electron chi connectivity index (χ0n) is 12.2. The largest absolute Gasteiger partial charge is 0.379 e. The second-order valence-corrected chi connectivity index (χ2v) is 6.11. The lowest BCUT2D eigenvalue weighted by Crippen LogP contribution is -2.47. The number of hydrogen-bond donors (Lipinski definition) is 1. The fraction of sp³-hybridized carbons (Fsp3) is 0.929. The molecule has 2 aliphatic heterocycles. The highest BCUT2D eigenvalue weighted by atomic mass is 16.5. The van der Waals surface area contributed by atoms with E-state index in [0.29, 0.717) is 12.0 Å². The van der Waals surface area contributed by atoms with Gasteiger partial charge in [-0.25, -0.2) is 0 Å². The van der Waals surface area contributed by atoms with Gasteiger partial charge >= 0.3 is 0 Å². The maximum atomic E-state index is 12.3. The number of carbonyl (C=O) groups is 1. The van der Waals surface area contributed by atoms with Gasteiger partial charge in [-0.1, -0.05) is 13.8 Å². The molecule has 0 aromatic heterocycles. The van der Waals surface area contributed by atoms with Crippen LogP contribution in [-0.4, -0.2) is 67.2 Å². The quantitative estimate of drug-likeness (QED) is 0.797. The molecule has 5 heteroatoms. The van der Waals surface area contributed by atoms with E-state index in [4.69, 9.17) is 10.5 Å². The van der Waals surface area contributed by atoms with Crippen LogP contribution in [0.15, 0.2) is 0 Å². The van der Waals surface area contributed by atoms with Crippen LogP contribution in [0.3, 0.4) is 0 Å². The minimum Gasteiger partial charge on any atom is -0.379 e. The molecule has 2 heterocycles. The Hall–Kier alpha value is -0.650. The molecular weight excluding hydrogens is 242 g/mol. The van der Waals surface area contributed by atoms with Crippen molar-refractivity contribution in [3.63, 3.8) is 0 Å². The number of morpholine rings is 1. The molecule has 1 amide bonds. The number of nitrogens with zero attached hydrogens (tertiary/aromatic N) is 2. The Morgan fingerprint density at radius 1 is 1.32 bits per heavy atom. The Bertz CT molecular complexity index is 303. The van der Waals surface area contributed by atoms with Crippen molar-refractivity contribution in [1.82, 2.24) is 9.80 Å². The molecule has 2 aliphatic rings. The summed E-state index contributed by atoms with van der Waals surface area (Å²) in [7, 11) is 0. The first-order chi connectivity index (χ1) is 9.08. The van der Waals surface area contributed by atoms with Gasteiger partial charge in [-0.05, 0) is 18.8 Å². The van der Waals surface area contributed by atoms with E-state index in [9.17, 15) is 4.79 Å². The SMILES string of the molecule is CC(C)C[C@@H](N)C(=O)N1CCC(N2CCOCC2)C1. The maximum Gasteiger partial charge on any atom is 0.239 e. The number of likely N-dealkylation sites (tertiary alicyclic amines) is 1. The first-order valence-corrected chi connectivity index (χ1v) is 7.44. The van der Waals surface area contributed by atoms with Crippen LogP contribution in [0.2, 0.25) is 0 Å². The third kappa shape index (κ3) is 3.91. The van der Waals surface area contributed by atoms with Gasteiger partial charge in [0.1, 0.15) is 0 Å². The van der Waals surface area contributed by atoms with Crippen LogP contribution in [0.4, 0.5) is 0 Å². The summed E-state index contributed by atoms with van der Waals surface area (Å²) in [6.45, 7) is 9.52. The lowest BCUT2D eigenvalue weighted by molar-refractivity contribution is -0.132. The van der Waals surface area contributed by atoms with Crippen molar-refractivity contribution in [1.29, 1.82) is 0 Å². The Kier molecular flexibility index (Phi) is 5.19. The second kappa shape index (κ2) is 6.68. The van der Waals surface area contributed by atoms with Crippen molar-refractivity contribution in [2.45, 2.75) is 38.8 Å². The summed E-state index contributed by atoms with van der Waals surface area (Å²) in [5, 5.41) is 0. The topological polar surface area (TPSA) is 58.8 Å². The summed E-state index contributed by atoms with van der Waals surface area (Å²) >= 11 is 0. The molecule has 2 fully saturated rings. The fourth-order valence-electron chi connectivity index (χ4n) is 3.03. The van der Waals surface area contributed by atoms with Crippen molar-refractivity contribution in [2.75, 3.05) is 39.4 Å². The van der Waals surface area contributed by atoms with Gasteiger partial charge in [0.25, 0.3) is 0 Å². The Labute approximate surface area is 116 Å². The third-order valence-corrected chi connectivity index (χ3v) is 4.08. The highest BCUT2D eigenvalue weighted by Gasteiger charge is 2.32. The molecule has 2 saturated heterocycles. The van der Waals surface area contributed by atoms with E-state index < -0.39 is 0 Å². The standard InChI is InChI=1S/C14H27N3O2/c1-11(2)9-13(15)14(18)17-4-3-12(10-17)16-5-7-19-8-6-16/h11-13H,3-10,15H2,1-2H3/t12?,13-/m1/s1. The molecule has 5 nitrogen and oxygen atoms in total. The van der Waals surface area contributed by atoms with Crippen LogP contribution >= 0.6 is 0 Å². The van der Waals surface area contributed by atoms with Gasteiger partial charge in [-0.15, -0.1) is 0 Å². The van der Waals surface area contributed by atoms with Gasteiger partial charge in [-0.3, -0.25) is 9.69 Å². The first kappa shape index (κ1) is 14.8. The lowest BCUT2D eigenvalue weighted by Gasteiger charge is -2.32. The van der Waals surface area contributed by atoms with E-state index in [-0.39, 0.29) is 11.9 Å². The molecule has 0 saturated carbocycles. The van der Waals surface area contributed by atoms with Gasteiger partial charge in [0, 0.05) is 32.2 Å². The maximum absolute atomic E-state index is 12.3. The molecule has 0 aliphatic carbocycles. The first-order valence-electron chi connectivity index (χ1n) is 7.44. The van der Waals surface area contributed by atoms with Crippen LogP contribution in [0.25, 0.3) is 0 Å². The average Bonchev–Trinajstić information content (AvgIpc) is 2.87. The Morgan fingerprint density at radius 3 is 2.63 bits per heavy atom. The van der Waals surface area contributed by atoms with Crippen LogP contribution in [-0.2, 0) is 9.53 Å². The third-order valence-electron chi connectivity index (χ3n) is 4.08. The number of hydrogen-bond acceptors (Lipinski definition) is 4. The molecule has 0 spiro atoms. The highest BCUT2D eigenvalue weighted by Crippen LogP contribution is 2.18. The van der Waals surface area contributed by atoms with Crippen LogP contribution in [0.1, 0.15) is 26.7 Å². The van der Waals surface area contributed by atoms with Crippen molar-refractivity contribution in [3.8, 4) is 0 Å². The van der Waals surface area contributed by atoms with Crippen LogP contribution < -0.4 is 5.73 Å². The van der Waals surface area contributed by atoms with E-state index in [1.165, 1.54) is 0 Å². The van der Waals surface area contributed by atoms with Crippen molar-refractivity contribution < 1.29 is 9.53 Å². The van der Waals surface area contributed by atoms with Gasteiger partial charge in [-0.2, -0.15) is 0 Å². The normalized spacial score (nSPS) is 26.9. The Balaban J connectivity index is 1.81. The molecule has 0 bridgehead atoms.